The van der Waals surface area contributed by atoms with Crippen LogP contribution in [0, 0.1) is 6.92 Å². The van der Waals surface area contributed by atoms with Crippen LogP contribution < -0.4 is 10.1 Å². The monoisotopic (exact) mass is 367 g/mol. The Labute approximate surface area is 158 Å². The van der Waals surface area contributed by atoms with Gasteiger partial charge in [0.25, 0.3) is 0 Å². The number of para-hydroxylation sites is 1. The van der Waals surface area contributed by atoms with Crippen LogP contribution in [0.15, 0.2) is 42.5 Å². The number of nitrogens with one attached hydrogen (secondary N) is 1. The number of fused-ring (bicyclic) bond motifs is 1. The standard InChI is InChI=1S/C21H22ClN3O/c1-14-13-15(22)10-11-18(14)25-21-17(8-5-6-12-23-21)20(24-25)16-7-3-4-9-19(16)26-2/h3-4,7,9-11,13,23H,5-6,8,12H2,1-2H3. The summed E-state index contributed by atoms with van der Waals surface area (Å²) in [7, 11) is 1.70. The van der Waals surface area contributed by atoms with Gasteiger partial charge in [-0.3, -0.25) is 0 Å². The molecule has 0 aliphatic carbocycles. The van der Waals surface area contributed by atoms with E-state index < -0.39 is 0 Å². The maximum Gasteiger partial charge on any atom is 0.133 e. The van der Waals surface area contributed by atoms with Gasteiger partial charge in [-0.15, -0.1) is 0 Å². The predicted molar refractivity (Wildman–Crippen MR) is 107 cm³/mol. The molecule has 0 spiro atoms. The quantitative estimate of drug-likeness (QED) is 0.686. The molecule has 0 fully saturated rings. The van der Waals surface area contributed by atoms with Crippen molar-refractivity contribution in [1.29, 1.82) is 0 Å². The Balaban J connectivity index is 1.95. The first-order chi connectivity index (χ1) is 12.7. The third-order valence-electron chi connectivity index (χ3n) is 4.88. The van der Waals surface area contributed by atoms with E-state index in [1.165, 1.54) is 5.56 Å². The van der Waals surface area contributed by atoms with Crippen LogP contribution >= 0.6 is 11.6 Å². The van der Waals surface area contributed by atoms with Crippen molar-refractivity contribution in [3.05, 3.63) is 58.6 Å². The molecular weight excluding hydrogens is 346 g/mol. The lowest BCUT2D eigenvalue weighted by Gasteiger charge is -2.11. The fourth-order valence-electron chi connectivity index (χ4n) is 3.59. The Morgan fingerprint density at radius 1 is 1.15 bits per heavy atom. The summed E-state index contributed by atoms with van der Waals surface area (Å²) in [5.41, 5.74) is 5.41. The molecule has 0 saturated heterocycles. The Hall–Kier alpha value is -2.46. The Kier molecular flexibility index (Phi) is 4.60. The van der Waals surface area contributed by atoms with Gasteiger partial charge in [0.15, 0.2) is 0 Å². The van der Waals surface area contributed by atoms with Crippen LogP contribution in [-0.2, 0) is 6.42 Å². The molecule has 134 valence electrons. The van der Waals surface area contributed by atoms with E-state index in [1.807, 2.05) is 41.1 Å². The highest BCUT2D eigenvalue weighted by Crippen LogP contribution is 2.38. The van der Waals surface area contributed by atoms with E-state index in [9.17, 15) is 0 Å². The fraction of sp³-hybridized carbons (Fsp3) is 0.286. The van der Waals surface area contributed by atoms with Gasteiger partial charge in [-0.05, 0) is 62.1 Å². The first-order valence-corrected chi connectivity index (χ1v) is 9.32. The van der Waals surface area contributed by atoms with Gasteiger partial charge in [-0.25, -0.2) is 4.68 Å². The number of hydrogen-bond acceptors (Lipinski definition) is 3. The van der Waals surface area contributed by atoms with Gasteiger partial charge < -0.3 is 10.1 Å². The molecule has 1 N–H and O–H groups in total. The molecule has 4 nitrogen and oxygen atoms in total. The largest absolute Gasteiger partial charge is 0.496 e. The molecule has 5 heteroatoms. The van der Waals surface area contributed by atoms with Crippen molar-refractivity contribution in [2.75, 3.05) is 19.0 Å². The third kappa shape index (κ3) is 2.95. The van der Waals surface area contributed by atoms with E-state index in [4.69, 9.17) is 21.4 Å². The smallest absolute Gasteiger partial charge is 0.133 e. The highest BCUT2D eigenvalue weighted by atomic mass is 35.5. The van der Waals surface area contributed by atoms with Crippen molar-refractivity contribution in [3.8, 4) is 22.7 Å². The van der Waals surface area contributed by atoms with Crippen molar-refractivity contribution in [3.63, 3.8) is 0 Å². The molecule has 26 heavy (non-hydrogen) atoms. The summed E-state index contributed by atoms with van der Waals surface area (Å²) in [6.07, 6.45) is 3.30. The number of methoxy groups -OCH3 is 1. The third-order valence-corrected chi connectivity index (χ3v) is 5.11. The van der Waals surface area contributed by atoms with E-state index in [-0.39, 0.29) is 0 Å². The maximum atomic E-state index is 6.15. The van der Waals surface area contributed by atoms with Gasteiger partial charge in [0.1, 0.15) is 17.3 Å². The molecule has 3 aromatic rings. The predicted octanol–water partition coefficient (Wildman–Crippen LogP) is 5.26. The lowest BCUT2D eigenvalue weighted by molar-refractivity contribution is 0.416. The molecule has 1 aromatic heterocycles. The summed E-state index contributed by atoms with van der Waals surface area (Å²) in [6.45, 7) is 3.02. The Morgan fingerprint density at radius 2 is 2.00 bits per heavy atom. The van der Waals surface area contributed by atoms with Crippen LogP contribution in [0.1, 0.15) is 24.0 Å². The van der Waals surface area contributed by atoms with Crippen LogP contribution in [0.25, 0.3) is 16.9 Å². The zero-order valence-electron chi connectivity index (χ0n) is 15.1. The molecule has 2 heterocycles. The summed E-state index contributed by atoms with van der Waals surface area (Å²) >= 11 is 6.15. The van der Waals surface area contributed by atoms with Crippen LogP contribution in [0.4, 0.5) is 5.82 Å². The highest BCUT2D eigenvalue weighted by molar-refractivity contribution is 6.30. The van der Waals surface area contributed by atoms with Gasteiger partial charge in [0.05, 0.1) is 12.8 Å². The van der Waals surface area contributed by atoms with E-state index in [0.29, 0.717) is 0 Å². The Bertz CT molecular complexity index is 948. The van der Waals surface area contributed by atoms with Crippen LogP contribution in [0.3, 0.4) is 0 Å². The minimum absolute atomic E-state index is 0.738. The van der Waals surface area contributed by atoms with Crippen molar-refractivity contribution >= 4 is 17.4 Å². The lowest BCUT2D eigenvalue weighted by atomic mass is 10.0. The molecule has 0 bridgehead atoms. The zero-order valence-corrected chi connectivity index (χ0v) is 15.8. The molecule has 0 saturated carbocycles. The van der Waals surface area contributed by atoms with Crippen molar-refractivity contribution in [2.24, 2.45) is 0 Å². The summed E-state index contributed by atoms with van der Waals surface area (Å²) < 4.78 is 7.61. The molecule has 0 unspecified atom stereocenters. The number of rotatable bonds is 3. The average Bonchev–Trinajstić information content (AvgIpc) is 2.83. The maximum absolute atomic E-state index is 6.15. The topological polar surface area (TPSA) is 39.1 Å². The SMILES string of the molecule is COc1ccccc1-c1nn(-c2ccc(Cl)cc2C)c2c1CCCCN2. The van der Waals surface area contributed by atoms with Gasteiger partial charge in [0.2, 0.25) is 0 Å². The zero-order chi connectivity index (χ0) is 18.1. The second-order valence-corrected chi connectivity index (χ2v) is 7.04. The van der Waals surface area contributed by atoms with Crippen molar-refractivity contribution in [2.45, 2.75) is 26.2 Å². The first kappa shape index (κ1) is 17.0. The van der Waals surface area contributed by atoms with Gasteiger partial charge in [0, 0.05) is 22.7 Å². The molecule has 0 atom stereocenters. The molecule has 4 rings (SSSR count). The second kappa shape index (κ2) is 7.04. The minimum atomic E-state index is 0.738. The van der Waals surface area contributed by atoms with E-state index >= 15 is 0 Å². The van der Waals surface area contributed by atoms with Crippen LogP contribution in [0.5, 0.6) is 5.75 Å². The summed E-state index contributed by atoms with van der Waals surface area (Å²) in [4.78, 5) is 0. The number of nitrogens with zero attached hydrogens (tertiary/aromatic N) is 2. The molecule has 0 amide bonds. The number of aromatic nitrogens is 2. The second-order valence-electron chi connectivity index (χ2n) is 6.60. The molecule has 1 aliphatic rings. The van der Waals surface area contributed by atoms with Crippen LogP contribution in [-0.4, -0.2) is 23.4 Å². The summed E-state index contributed by atoms with van der Waals surface area (Å²) in [5.74, 6) is 1.92. The number of anilines is 1. The fourth-order valence-corrected chi connectivity index (χ4v) is 3.82. The van der Waals surface area contributed by atoms with Gasteiger partial charge in [-0.1, -0.05) is 23.7 Å². The van der Waals surface area contributed by atoms with Crippen LogP contribution in [0.2, 0.25) is 5.02 Å². The van der Waals surface area contributed by atoms with E-state index in [0.717, 1.165) is 64.9 Å². The molecular formula is C21H22ClN3O. The van der Waals surface area contributed by atoms with Crippen molar-refractivity contribution < 1.29 is 4.74 Å². The molecule has 2 aromatic carbocycles. The average molecular weight is 368 g/mol. The summed E-state index contributed by atoms with van der Waals surface area (Å²) in [6, 6.07) is 14.0. The van der Waals surface area contributed by atoms with E-state index in [2.05, 4.69) is 18.3 Å². The lowest BCUT2D eigenvalue weighted by Crippen LogP contribution is -2.08. The van der Waals surface area contributed by atoms with E-state index in [1.54, 1.807) is 7.11 Å². The molecule has 1 aliphatic heterocycles. The molecule has 0 radical (unpaired) electrons. The number of hydrogen-bond donors (Lipinski definition) is 1. The minimum Gasteiger partial charge on any atom is -0.496 e. The van der Waals surface area contributed by atoms with Gasteiger partial charge >= 0.3 is 0 Å². The summed E-state index contributed by atoms with van der Waals surface area (Å²) in [5, 5.41) is 9.33. The number of halogens is 1. The van der Waals surface area contributed by atoms with Crippen molar-refractivity contribution in [1.82, 2.24) is 9.78 Å². The normalized spacial score (nSPS) is 13.7. The van der Waals surface area contributed by atoms with Gasteiger partial charge in [-0.2, -0.15) is 5.10 Å². The first-order valence-electron chi connectivity index (χ1n) is 8.94. The number of benzene rings is 2. The number of ether oxygens (including phenoxy) is 1. The highest BCUT2D eigenvalue weighted by Gasteiger charge is 2.23. The number of aryl methyl sites for hydroxylation is 1. The Morgan fingerprint density at radius 3 is 2.81 bits per heavy atom.